The van der Waals surface area contributed by atoms with Gasteiger partial charge in [0, 0.05) is 15.7 Å². The Hall–Kier alpha value is -1.89. The van der Waals surface area contributed by atoms with Crippen LogP contribution in [0.4, 0.5) is 5.69 Å². The summed E-state index contributed by atoms with van der Waals surface area (Å²) >= 11 is 3.25. The summed E-state index contributed by atoms with van der Waals surface area (Å²) in [6, 6.07) is 4.76. The number of piperazine rings is 1. The maximum Gasteiger partial charge on any atom is 0.255 e. The number of hydrogen-bond acceptors (Lipinski definition) is 4. The van der Waals surface area contributed by atoms with Crippen molar-refractivity contribution in [2.24, 2.45) is 0 Å². The molecule has 1 aliphatic rings. The number of anilines is 1. The van der Waals surface area contributed by atoms with Crippen LogP contribution in [0.25, 0.3) is 0 Å². The second-order valence-electron chi connectivity index (χ2n) is 5.06. The summed E-state index contributed by atoms with van der Waals surface area (Å²) in [6.07, 6.45) is 0. The van der Waals surface area contributed by atoms with E-state index in [1.807, 2.05) is 0 Å². The summed E-state index contributed by atoms with van der Waals surface area (Å²) in [5.74, 6) is -1.39. The lowest BCUT2D eigenvalue weighted by Crippen LogP contribution is -2.65. The molecule has 1 aromatic rings. The van der Waals surface area contributed by atoms with E-state index in [1.165, 1.54) is 11.0 Å². The van der Waals surface area contributed by atoms with Crippen LogP contribution in [-0.4, -0.2) is 34.7 Å². The van der Waals surface area contributed by atoms with Gasteiger partial charge in [0.1, 0.15) is 12.1 Å². The highest BCUT2D eigenvalue weighted by Gasteiger charge is 2.43. The molecular formula is C13H14BrN3O3. The Balaban J connectivity index is 2.38. The number of carbonyl (C=O) groups is 3. The second-order valence-corrected chi connectivity index (χ2v) is 5.92. The normalized spacial score (nSPS) is 17.9. The highest BCUT2D eigenvalue weighted by molar-refractivity contribution is 9.10. The molecule has 3 amide bonds. The number of amides is 3. The van der Waals surface area contributed by atoms with E-state index in [9.17, 15) is 14.4 Å². The number of rotatable bonds is 1. The summed E-state index contributed by atoms with van der Waals surface area (Å²) in [5.41, 5.74) is 5.41. The maximum absolute atomic E-state index is 12.5. The lowest BCUT2D eigenvalue weighted by atomic mass is 9.97. The number of nitrogen functional groups attached to an aromatic ring is 1. The Morgan fingerprint density at radius 3 is 2.65 bits per heavy atom. The molecule has 2 rings (SSSR count). The molecule has 0 spiro atoms. The minimum atomic E-state index is -1.09. The molecule has 7 heteroatoms. The van der Waals surface area contributed by atoms with E-state index < -0.39 is 23.3 Å². The highest BCUT2D eigenvalue weighted by Crippen LogP contribution is 2.25. The highest BCUT2D eigenvalue weighted by atomic mass is 79.9. The van der Waals surface area contributed by atoms with E-state index in [-0.39, 0.29) is 6.54 Å². The molecule has 6 nitrogen and oxygen atoms in total. The molecule has 0 aliphatic carbocycles. The molecule has 1 heterocycles. The van der Waals surface area contributed by atoms with Gasteiger partial charge < -0.3 is 10.6 Å². The number of halogens is 1. The maximum atomic E-state index is 12.5. The van der Waals surface area contributed by atoms with Crippen LogP contribution >= 0.6 is 15.9 Å². The molecule has 3 N–H and O–H groups in total. The first-order valence-corrected chi connectivity index (χ1v) is 6.74. The van der Waals surface area contributed by atoms with Crippen molar-refractivity contribution in [1.29, 1.82) is 0 Å². The molecule has 1 fully saturated rings. The SMILES string of the molecule is CC1(C)C(=O)NC(=O)CN1C(=O)c1ccc(Br)c(N)c1. The minimum Gasteiger partial charge on any atom is -0.398 e. The molecular weight excluding hydrogens is 326 g/mol. The molecule has 0 unspecified atom stereocenters. The molecule has 0 aromatic heterocycles. The predicted molar refractivity (Wildman–Crippen MR) is 76.8 cm³/mol. The van der Waals surface area contributed by atoms with Gasteiger partial charge in [0.25, 0.3) is 11.8 Å². The van der Waals surface area contributed by atoms with Crippen molar-refractivity contribution < 1.29 is 14.4 Å². The molecule has 1 aliphatic heterocycles. The van der Waals surface area contributed by atoms with Crippen molar-refractivity contribution in [3.63, 3.8) is 0 Å². The van der Waals surface area contributed by atoms with Crippen LogP contribution in [0.5, 0.6) is 0 Å². The number of nitrogens with zero attached hydrogens (tertiary/aromatic N) is 1. The van der Waals surface area contributed by atoms with Crippen LogP contribution in [0.3, 0.4) is 0 Å². The third kappa shape index (κ3) is 2.40. The number of imide groups is 1. The van der Waals surface area contributed by atoms with Crippen molar-refractivity contribution in [1.82, 2.24) is 10.2 Å². The van der Waals surface area contributed by atoms with E-state index >= 15 is 0 Å². The number of nitrogens with one attached hydrogen (secondary N) is 1. The molecule has 0 saturated carbocycles. The van der Waals surface area contributed by atoms with Crippen LogP contribution in [0.15, 0.2) is 22.7 Å². The Morgan fingerprint density at radius 1 is 1.40 bits per heavy atom. The molecule has 0 radical (unpaired) electrons. The first-order chi connectivity index (χ1) is 9.23. The smallest absolute Gasteiger partial charge is 0.255 e. The van der Waals surface area contributed by atoms with Crippen molar-refractivity contribution >= 4 is 39.3 Å². The van der Waals surface area contributed by atoms with Gasteiger partial charge in [-0.1, -0.05) is 0 Å². The van der Waals surface area contributed by atoms with Crippen LogP contribution in [0.1, 0.15) is 24.2 Å². The van der Waals surface area contributed by atoms with Crippen molar-refractivity contribution in [3.05, 3.63) is 28.2 Å². The van der Waals surface area contributed by atoms with Gasteiger partial charge in [0.15, 0.2) is 0 Å². The van der Waals surface area contributed by atoms with Crippen LogP contribution in [-0.2, 0) is 9.59 Å². The monoisotopic (exact) mass is 339 g/mol. The Bertz CT molecular complexity index is 613. The Labute approximate surface area is 124 Å². The van der Waals surface area contributed by atoms with Crippen molar-refractivity contribution in [2.45, 2.75) is 19.4 Å². The first kappa shape index (κ1) is 14.5. The van der Waals surface area contributed by atoms with E-state index in [2.05, 4.69) is 21.2 Å². The second kappa shape index (κ2) is 4.90. The summed E-state index contributed by atoms with van der Waals surface area (Å²) in [6.45, 7) is 3.03. The molecule has 1 saturated heterocycles. The lowest BCUT2D eigenvalue weighted by Gasteiger charge is -2.40. The zero-order valence-electron chi connectivity index (χ0n) is 11.1. The van der Waals surface area contributed by atoms with Crippen LogP contribution < -0.4 is 11.1 Å². The molecule has 0 atom stereocenters. The van der Waals surface area contributed by atoms with Gasteiger partial charge in [-0.05, 0) is 48.0 Å². The van der Waals surface area contributed by atoms with Gasteiger partial charge in [-0.3, -0.25) is 19.7 Å². The fourth-order valence-electron chi connectivity index (χ4n) is 1.94. The van der Waals surface area contributed by atoms with E-state index in [0.29, 0.717) is 15.7 Å². The van der Waals surface area contributed by atoms with Gasteiger partial charge in [-0.2, -0.15) is 0 Å². The summed E-state index contributed by atoms with van der Waals surface area (Å²) in [4.78, 5) is 37.0. The van der Waals surface area contributed by atoms with E-state index in [4.69, 9.17) is 5.73 Å². The van der Waals surface area contributed by atoms with Crippen molar-refractivity contribution in [3.8, 4) is 0 Å². The first-order valence-electron chi connectivity index (χ1n) is 5.95. The van der Waals surface area contributed by atoms with E-state index in [1.54, 1.807) is 26.0 Å². The van der Waals surface area contributed by atoms with Gasteiger partial charge >= 0.3 is 0 Å². The molecule has 106 valence electrons. The number of hydrogen-bond donors (Lipinski definition) is 2. The zero-order chi connectivity index (χ0) is 15.1. The van der Waals surface area contributed by atoms with Crippen molar-refractivity contribution in [2.75, 3.05) is 12.3 Å². The van der Waals surface area contributed by atoms with Crippen LogP contribution in [0.2, 0.25) is 0 Å². The third-order valence-electron chi connectivity index (χ3n) is 3.27. The molecule has 20 heavy (non-hydrogen) atoms. The topological polar surface area (TPSA) is 92.5 Å². The fourth-order valence-corrected chi connectivity index (χ4v) is 2.19. The lowest BCUT2D eigenvalue weighted by molar-refractivity contribution is -0.143. The number of carbonyl (C=O) groups excluding carboxylic acids is 3. The van der Waals surface area contributed by atoms with Gasteiger partial charge in [-0.15, -0.1) is 0 Å². The Kier molecular flexibility index (Phi) is 3.56. The van der Waals surface area contributed by atoms with Gasteiger partial charge in [0.05, 0.1) is 0 Å². The number of nitrogens with two attached hydrogens (primary N) is 1. The standard InChI is InChI=1S/C13H14BrN3O3/c1-13(2)12(20)16-10(18)6-17(13)11(19)7-3-4-8(14)9(15)5-7/h3-5H,6,15H2,1-2H3,(H,16,18,20). The zero-order valence-corrected chi connectivity index (χ0v) is 12.7. The van der Waals surface area contributed by atoms with Crippen LogP contribution in [0, 0.1) is 0 Å². The summed E-state index contributed by atoms with van der Waals surface area (Å²) in [5, 5.41) is 2.22. The van der Waals surface area contributed by atoms with Gasteiger partial charge in [0.2, 0.25) is 5.91 Å². The minimum absolute atomic E-state index is 0.159. The Morgan fingerprint density at radius 2 is 2.05 bits per heavy atom. The fraction of sp³-hybridized carbons (Fsp3) is 0.308. The largest absolute Gasteiger partial charge is 0.398 e. The van der Waals surface area contributed by atoms with E-state index in [0.717, 1.165) is 0 Å². The quantitative estimate of drug-likeness (QED) is 0.587. The summed E-state index contributed by atoms with van der Waals surface area (Å²) < 4.78 is 0.681. The molecule has 0 bridgehead atoms. The molecule has 1 aromatic carbocycles. The average Bonchev–Trinajstić information content (AvgIpc) is 2.36. The predicted octanol–water partition coefficient (Wildman–Crippen LogP) is 0.908. The third-order valence-corrected chi connectivity index (χ3v) is 4.00. The number of benzene rings is 1. The van der Waals surface area contributed by atoms with Gasteiger partial charge in [-0.25, -0.2) is 0 Å². The summed E-state index contributed by atoms with van der Waals surface area (Å²) in [7, 11) is 0. The average molecular weight is 340 g/mol.